The van der Waals surface area contributed by atoms with Gasteiger partial charge in [-0.3, -0.25) is 14.6 Å². The van der Waals surface area contributed by atoms with Crippen LogP contribution in [0, 0.1) is 6.92 Å². The second kappa shape index (κ2) is 11.0. The van der Waals surface area contributed by atoms with Crippen molar-refractivity contribution in [1.82, 2.24) is 5.32 Å². The molecule has 158 valence electrons. The fraction of sp³-hybridized carbons (Fsp3) is 0.333. The van der Waals surface area contributed by atoms with Gasteiger partial charge in [0.15, 0.2) is 5.96 Å². The van der Waals surface area contributed by atoms with E-state index < -0.39 is 23.5 Å². The number of guanidine groups is 1. The Hall–Kier alpha value is -3.11. The third-order valence-electron chi connectivity index (χ3n) is 4.00. The Morgan fingerprint density at radius 1 is 1.24 bits per heavy atom. The number of fused-ring (bicyclic) bond motifs is 1. The number of benzene rings is 1. The first kappa shape index (κ1) is 23.9. The van der Waals surface area contributed by atoms with Crippen LogP contribution in [0.1, 0.15) is 18.4 Å². The molecule has 0 saturated heterocycles. The first-order chi connectivity index (χ1) is 13.3. The SMILES string of the molecule is Cc1cc(=O)oc2cc(NC(=O)[C@H](CCCN=C(N)N)NC(=O)CN)ccc12.Cl. The molecular formula is C18H25ClN6O4. The molecule has 0 unspecified atom stereocenters. The average molecular weight is 425 g/mol. The zero-order chi connectivity index (χ0) is 20.7. The first-order valence-electron chi connectivity index (χ1n) is 8.70. The van der Waals surface area contributed by atoms with Crippen molar-refractivity contribution in [2.45, 2.75) is 25.8 Å². The van der Waals surface area contributed by atoms with Gasteiger partial charge in [-0.25, -0.2) is 4.79 Å². The number of hydrogen-bond acceptors (Lipinski definition) is 6. The lowest BCUT2D eigenvalue weighted by Gasteiger charge is -2.18. The average Bonchev–Trinajstić information content (AvgIpc) is 2.63. The van der Waals surface area contributed by atoms with Crippen LogP contribution in [0.4, 0.5) is 5.69 Å². The van der Waals surface area contributed by atoms with Gasteiger partial charge in [0.05, 0.1) is 6.54 Å². The number of halogens is 1. The van der Waals surface area contributed by atoms with Crippen molar-refractivity contribution >= 4 is 46.8 Å². The van der Waals surface area contributed by atoms with Gasteiger partial charge in [0.1, 0.15) is 11.6 Å². The highest BCUT2D eigenvalue weighted by Gasteiger charge is 2.20. The molecule has 0 radical (unpaired) electrons. The van der Waals surface area contributed by atoms with Crippen LogP contribution in [0.25, 0.3) is 11.0 Å². The Kier molecular flexibility index (Phi) is 9.10. The molecule has 0 saturated carbocycles. The molecule has 2 aromatic rings. The van der Waals surface area contributed by atoms with Crippen molar-refractivity contribution in [3.05, 3.63) is 40.2 Å². The lowest BCUT2D eigenvalue weighted by Crippen LogP contribution is -2.46. The van der Waals surface area contributed by atoms with Gasteiger partial charge in [0.25, 0.3) is 0 Å². The van der Waals surface area contributed by atoms with Gasteiger partial charge in [0, 0.05) is 29.8 Å². The number of aryl methyl sites for hydroxylation is 1. The van der Waals surface area contributed by atoms with E-state index in [1.165, 1.54) is 6.07 Å². The molecule has 29 heavy (non-hydrogen) atoms. The maximum Gasteiger partial charge on any atom is 0.336 e. The highest BCUT2D eigenvalue weighted by molar-refractivity contribution is 5.98. The summed E-state index contributed by atoms with van der Waals surface area (Å²) in [6, 6.07) is 5.58. The van der Waals surface area contributed by atoms with Gasteiger partial charge in [-0.05, 0) is 37.5 Å². The van der Waals surface area contributed by atoms with Gasteiger partial charge in [-0.2, -0.15) is 0 Å². The third kappa shape index (κ3) is 7.09. The van der Waals surface area contributed by atoms with E-state index >= 15 is 0 Å². The molecule has 2 amide bonds. The summed E-state index contributed by atoms with van der Waals surface area (Å²) in [5.41, 5.74) is 17.0. The van der Waals surface area contributed by atoms with Crippen molar-refractivity contribution in [1.29, 1.82) is 0 Å². The summed E-state index contributed by atoms with van der Waals surface area (Å²) in [6.07, 6.45) is 0.794. The van der Waals surface area contributed by atoms with E-state index in [4.69, 9.17) is 21.6 Å². The molecule has 8 N–H and O–H groups in total. The van der Waals surface area contributed by atoms with E-state index in [2.05, 4.69) is 15.6 Å². The molecule has 0 bridgehead atoms. The van der Waals surface area contributed by atoms with Crippen LogP contribution in [0.15, 0.2) is 38.5 Å². The molecule has 10 nitrogen and oxygen atoms in total. The Morgan fingerprint density at radius 2 is 1.97 bits per heavy atom. The molecule has 1 aromatic heterocycles. The Balaban J connectivity index is 0.00000420. The zero-order valence-corrected chi connectivity index (χ0v) is 16.8. The van der Waals surface area contributed by atoms with Crippen molar-refractivity contribution in [3.63, 3.8) is 0 Å². The van der Waals surface area contributed by atoms with Crippen LogP contribution in [0.5, 0.6) is 0 Å². The summed E-state index contributed by atoms with van der Waals surface area (Å²) in [5.74, 6) is -0.928. The summed E-state index contributed by atoms with van der Waals surface area (Å²) in [7, 11) is 0. The summed E-state index contributed by atoms with van der Waals surface area (Å²) in [4.78, 5) is 39.7. The monoisotopic (exact) mass is 424 g/mol. The molecule has 0 aliphatic carbocycles. The van der Waals surface area contributed by atoms with Crippen LogP contribution in [-0.2, 0) is 9.59 Å². The quantitative estimate of drug-likeness (QED) is 0.170. The van der Waals surface area contributed by atoms with Crippen molar-refractivity contribution in [2.75, 3.05) is 18.4 Å². The normalized spacial score (nSPS) is 11.2. The van der Waals surface area contributed by atoms with Crippen LogP contribution in [0.3, 0.4) is 0 Å². The van der Waals surface area contributed by atoms with Gasteiger partial charge >= 0.3 is 5.63 Å². The molecule has 0 spiro atoms. The van der Waals surface area contributed by atoms with E-state index in [0.29, 0.717) is 30.7 Å². The fourth-order valence-corrected chi connectivity index (χ4v) is 2.66. The molecular weight excluding hydrogens is 400 g/mol. The minimum atomic E-state index is -0.814. The van der Waals surface area contributed by atoms with Crippen LogP contribution in [-0.4, -0.2) is 36.9 Å². The first-order valence-corrected chi connectivity index (χ1v) is 8.70. The third-order valence-corrected chi connectivity index (χ3v) is 4.00. The smallest absolute Gasteiger partial charge is 0.336 e. The summed E-state index contributed by atoms with van der Waals surface area (Å²) >= 11 is 0. The van der Waals surface area contributed by atoms with E-state index in [0.717, 1.165) is 10.9 Å². The topological polar surface area (TPSA) is 179 Å². The van der Waals surface area contributed by atoms with Crippen molar-refractivity contribution in [3.8, 4) is 0 Å². The number of aliphatic imine (C=N–C) groups is 1. The van der Waals surface area contributed by atoms with Gasteiger partial charge < -0.3 is 32.3 Å². The van der Waals surface area contributed by atoms with Crippen molar-refractivity contribution < 1.29 is 14.0 Å². The number of carbonyl (C=O) groups excluding carboxylic acids is 2. The van der Waals surface area contributed by atoms with E-state index in [9.17, 15) is 14.4 Å². The minimum Gasteiger partial charge on any atom is -0.423 e. The largest absolute Gasteiger partial charge is 0.423 e. The predicted octanol–water partition coefficient (Wildman–Crippen LogP) is -0.0412. The molecule has 0 fully saturated rings. The Bertz CT molecular complexity index is 955. The zero-order valence-electron chi connectivity index (χ0n) is 15.9. The number of carbonyl (C=O) groups is 2. The number of hydrogen-bond donors (Lipinski definition) is 5. The van der Waals surface area contributed by atoms with Crippen LogP contribution in [0.2, 0.25) is 0 Å². The number of amides is 2. The second-order valence-electron chi connectivity index (χ2n) is 6.22. The number of nitrogens with zero attached hydrogens (tertiary/aromatic N) is 1. The number of rotatable bonds is 8. The molecule has 11 heteroatoms. The molecule has 1 atom stereocenters. The highest BCUT2D eigenvalue weighted by Crippen LogP contribution is 2.21. The standard InChI is InChI=1S/C18H24N6O4.ClH/c1-10-7-16(26)28-14-8-11(4-5-12(10)14)23-17(27)13(24-15(25)9-19)3-2-6-22-18(20)21;/h4-5,7-8,13H,2-3,6,9,19H2,1H3,(H,23,27)(H,24,25)(H4,20,21,22);1H/t13-;/m0./s1. The van der Waals surface area contributed by atoms with Crippen LogP contribution < -0.4 is 33.5 Å². The molecule has 1 aromatic carbocycles. The highest BCUT2D eigenvalue weighted by atomic mass is 35.5. The second-order valence-corrected chi connectivity index (χ2v) is 6.22. The van der Waals surface area contributed by atoms with E-state index in [1.807, 2.05) is 0 Å². The molecule has 0 aliphatic rings. The minimum absolute atomic E-state index is 0. The number of nitrogens with one attached hydrogen (secondary N) is 2. The molecule has 2 rings (SSSR count). The van der Waals surface area contributed by atoms with E-state index in [-0.39, 0.29) is 24.9 Å². The summed E-state index contributed by atoms with van der Waals surface area (Å²) in [6.45, 7) is 1.88. The van der Waals surface area contributed by atoms with Gasteiger partial charge in [0.2, 0.25) is 11.8 Å². The lowest BCUT2D eigenvalue weighted by molar-refractivity contribution is -0.125. The number of anilines is 1. The Morgan fingerprint density at radius 3 is 2.62 bits per heavy atom. The van der Waals surface area contributed by atoms with Crippen LogP contribution >= 0.6 is 12.4 Å². The molecule has 0 aliphatic heterocycles. The van der Waals surface area contributed by atoms with Gasteiger partial charge in [-0.15, -0.1) is 12.4 Å². The molecule has 1 heterocycles. The number of nitrogens with two attached hydrogens (primary N) is 3. The predicted molar refractivity (Wildman–Crippen MR) is 114 cm³/mol. The summed E-state index contributed by atoms with van der Waals surface area (Å²) < 4.78 is 5.18. The lowest BCUT2D eigenvalue weighted by atomic mass is 10.1. The van der Waals surface area contributed by atoms with Crippen molar-refractivity contribution in [2.24, 2.45) is 22.2 Å². The van der Waals surface area contributed by atoms with Gasteiger partial charge in [-0.1, -0.05) is 0 Å². The maximum absolute atomic E-state index is 12.6. The summed E-state index contributed by atoms with van der Waals surface area (Å²) in [5, 5.41) is 6.05. The Labute approximate surface area is 173 Å². The maximum atomic E-state index is 12.6. The van der Waals surface area contributed by atoms with E-state index in [1.54, 1.807) is 25.1 Å². The fourth-order valence-electron chi connectivity index (χ4n) is 2.66.